The van der Waals surface area contributed by atoms with Crippen molar-refractivity contribution in [3.8, 4) is 0 Å². The Morgan fingerprint density at radius 3 is 2.67 bits per heavy atom. The fourth-order valence-electron chi connectivity index (χ4n) is 3.69. The predicted molar refractivity (Wildman–Crippen MR) is 91.4 cm³/mol. The van der Waals surface area contributed by atoms with Crippen LogP contribution in [0.5, 0.6) is 0 Å². The van der Waals surface area contributed by atoms with E-state index in [2.05, 4.69) is 0 Å². The lowest BCUT2D eigenvalue weighted by Crippen LogP contribution is -2.50. The van der Waals surface area contributed by atoms with Crippen molar-refractivity contribution in [1.82, 2.24) is 9.80 Å². The second-order valence-corrected chi connectivity index (χ2v) is 6.64. The molecule has 1 aromatic carbocycles. The first-order valence-electron chi connectivity index (χ1n) is 8.86. The first-order valence-corrected chi connectivity index (χ1v) is 8.86. The number of carbonyl (C=O) groups excluding carboxylic acids is 2. The van der Waals surface area contributed by atoms with Crippen LogP contribution in [0.3, 0.4) is 0 Å². The maximum Gasteiger partial charge on any atom is 0.250 e. The van der Waals surface area contributed by atoms with Crippen LogP contribution in [-0.4, -0.2) is 54.5 Å². The Morgan fingerprint density at radius 2 is 1.96 bits per heavy atom. The summed E-state index contributed by atoms with van der Waals surface area (Å²) in [6, 6.07) is 9.18. The van der Waals surface area contributed by atoms with Gasteiger partial charge in [-0.1, -0.05) is 30.3 Å². The molecule has 0 bridgehead atoms. The van der Waals surface area contributed by atoms with E-state index in [4.69, 9.17) is 4.74 Å². The van der Waals surface area contributed by atoms with Gasteiger partial charge in [0.2, 0.25) is 11.8 Å². The van der Waals surface area contributed by atoms with Gasteiger partial charge < -0.3 is 14.5 Å². The van der Waals surface area contributed by atoms with E-state index in [9.17, 15) is 9.59 Å². The van der Waals surface area contributed by atoms with Crippen LogP contribution in [0.4, 0.5) is 0 Å². The molecule has 0 saturated carbocycles. The molecule has 3 rings (SSSR count). The topological polar surface area (TPSA) is 49.9 Å². The van der Waals surface area contributed by atoms with Gasteiger partial charge in [0.05, 0.1) is 6.10 Å². The van der Waals surface area contributed by atoms with Crippen molar-refractivity contribution in [2.24, 2.45) is 0 Å². The smallest absolute Gasteiger partial charge is 0.250 e. The SMILES string of the molecule is CO[C@H]1CCCN(C(=O)[C@@H](c2ccccc2)N2CCCCC2=O)C1. The highest BCUT2D eigenvalue weighted by Crippen LogP contribution is 2.28. The average Bonchev–Trinajstić information content (AvgIpc) is 2.64. The van der Waals surface area contributed by atoms with E-state index in [1.165, 1.54) is 0 Å². The minimum absolute atomic E-state index is 0.0261. The third-order valence-corrected chi connectivity index (χ3v) is 5.04. The van der Waals surface area contributed by atoms with Gasteiger partial charge in [0.15, 0.2) is 0 Å². The molecule has 2 aliphatic rings. The largest absolute Gasteiger partial charge is 0.380 e. The monoisotopic (exact) mass is 330 g/mol. The fourth-order valence-corrected chi connectivity index (χ4v) is 3.69. The second-order valence-electron chi connectivity index (χ2n) is 6.64. The second kappa shape index (κ2) is 7.79. The molecule has 0 unspecified atom stereocenters. The van der Waals surface area contributed by atoms with E-state index in [-0.39, 0.29) is 17.9 Å². The van der Waals surface area contributed by atoms with Crippen molar-refractivity contribution >= 4 is 11.8 Å². The summed E-state index contributed by atoms with van der Waals surface area (Å²) in [4.78, 5) is 29.4. The molecule has 0 N–H and O–H groups in total. The Hall–Kier alpha value is -1.88. The minimum atomic E-state index is -0.505. The molecule has 0 aliphatic carbocycles. The number of hydrogen-bond donors (Lipinski definition) is 0. The number of piperidine rings is 2. The number of hydrogen-bond acceptors (Lipinski definition) is 3. The normalized spacial score (nSPS) is 23.2. The van der Waals surface area contributed by atoms with Gasteiger partial charge in [0.25, 0.3) is 0 Å². The van der Waals surface area contributed by atoms with E-state index in [0.29, 0.717) is 19.5 Å². The first kappa shape index (κ1) is 17.0. The molecule has 0 aromatic heterocycles. The van der Waals surface area contributed by atoms with Crippen molar-refractivity contribution in [2.75, 3.05) is 26.7 Å². The Balaban J connectivity index is 1.86. The number of methoxy groups -OCH3 is 1. The van der Waals surface area contributed by atoms with E-state index in [1.54, 1.807) is 12.0 Å². The van der Waals surface area contributed by atoms with Crippen LogP contribution >= 0.6 is 0 Å². The highest BCUT2D eigenvalue weighted by atomic mass is 16.5. The molecule has 5 nitrogen and oxygen atoms in total. The number of amides is 2. The Morgan fingerprint density at radius 1 is 1.17 bits per heavy atom. The molecule has 2 saturated heterocycles. The number of carbonyl (C=O) groups is 2. The molecular formula is C19H26N2O3. The summed E-state index contributed by atoms with van der Waals surface area (Å²) in [5.74, 6) is 0.113. The zero-order chi connectivity index (χ0) is 16.9. The lowest BCUT2D eigenvalue weighted by molar-refractivity contribution is -0.149. The van der Waals surface area contributed by atoms with Crippen LogP contribution in [-0.2, 0) is 14.3 Å². The van der Waals surface area contributed by atoms with E-state index in [1.807, 2.05) is 35.2 Å². The summed E-state index contributed by atoms with van der Waals surface area (Å²) in [7, 11) is 1.70. The zero-order valence-electron chi connectivity index (χ0n) is 14.3. The van der Waals surface area contributed by atoms with Crippen LogP contribution in [0.25, 0.3) is 0 Å². The number of likely N-dealkylation sites (tertiary alicyclic amines) is 2. The van der Waals surface area contributed by atoms with Gasteiger partial charge in [-0.15, -0.1) is 0 Å². The van der Waals surface area contributed by atoms with E-state index < -0.39 is 6.04 Å². The predicted octanol–water partition coefficient (Wildman–Crippen LogP) is 2.38. The molecule has 2 atom stereocenters. The maximum absolute atomic E-state index is 13.3. The standard InChI is InChI=1S/C19H26N2O3/c1-24-16-10-7-12-20(14-16)19(23)18(15-8-3-2-4-9-15)21-13-6-5-11-17(21)22/h2-4,8-9,16,18H,5-7,10-14H2,1H3/t16-,18+/m0/s1. The highest BCUT2D eigenvalue weighted by Gasteiger charge is 2.36. The number of benzene rings is 1. The molecule has 5 heteroatoms. The Kier molecular flexibility index (Phi) is 5.51. The first-order chi connectivity index (χ1) is 11.7. The van der Waals surface area contributed by atoms with Gasteiger partial charge in [0.1, 0.15) is 6.04 Å². The van der Waals surface area contributed by atoms with Gasteiger partial charge in [0, 0.05) is 33.2 Å². The van der Waals surface area contributed by atoms with Gasteiger partial charge in [-0.3, -0.25) is 9.59 Å². The summed E-state index contributed by atoms with van der Waals surface area (Å²) in [6.07, 6.45) is 4.44. The molecule has 130 valence electrons. The molecule has 0 radical (unpaired) electrons. The minimum Gasteiger partial charge on any atom is -0.380 e. The number of ether oxygens (including phenoxy) is 1. The van der Waals surface area contributed by atoms with Gasteiger partial charge >= 0.3 is 0 Å². The van der Waals surface area contributed by atoms with Crippen molar-refractivity contribution in [2.45, 2.75) is 44.2 Å². The Bertz CT molecular complexity index is 575. The van der Waals surface area contributed by atoms with Crippen molar-refractivity contribution in [3.63, 3.8) is 0 Å². The lowest BCUT2D eigenvalue weighted by Gasteiger charge is -2.39. The molecule has 2 aliphatic heterocycles. The van der Waals surface area contributed by atoms with Crippen LogP contribution in [0.1, 0.15) is 43.7 Å². The summed E-state index contributed by atoms with van der Waals surface area (Å²) >= 11 is 0. The summed E-state index contributed by atoms with van der Waals surface area (Å²) in [6.45, 7) is 2.01. The molecule has 1 aromatic rings. The molecule has 24 heavy (non-hydrogen) atoms. The third kappa shape index (κ3) is 3.61. The molecular weight excluding hydrogens is 304 g/mol. The third-order valence-electron chi connectivity index (χ3n) is 5.04. The van der Waals surface area contributed by atoms with Crippen LogP contribution in [0.2, 0.25) is 0 Å². The summed E-state index contributed by atoms with van der Waals surface area (Å²) < 4.78 is 5.45. The molecule has 0 spiro atoms. The molecule has 2 fully saturated rings. The number of rotatable bonds is 4. The van der Waals surface area contributed by atoms with Crippen molar-refractivity contribution in [3.05, 3.63) is 35.9 Å². The van der Waals surface area contributed by atoms with Crippen LogP contribution in [0.15, 0.2) is 30.3 Å². The molecule has 2 amide bonds. The highest BCUT2D eigenvalue weighted by molar-refractivity contribution is 5.89. The maximum atomic E-state index is 13.3. The lowest BCUT2D eigenvalue weighted by atomic mass is 9.98. The Labute approximate surface area is 143 Å². The van der Waals surface area contributed by atoms with Crippen molar-refractivity contribution < 1.29 is 14.3 Å². The number of nitrogens with zero attached hydrogens (tertiary/aromatic N) is 2. The van der Waals surface area contributed by atoms with Crippen LogP contribution < -0.4 is 0 Å². The van der Waals surface area contributed by atoms with E-state index >= 15 is 0 Å². The van der Waals surface area contributed by atoms with Gasteiger partial charge in [-0.25, -0.2) is 0 Å². The van der Waals surface area contributed by atoms with Gasteiger partial charge in [-0.2, -0.15) is 0 Å². The fraction of sp³-hybridized carbons (Fsp3) is 0.579. The summed E-state index contributed by atoms with van der Waals surface area (Å²) in [5.41, 5.74) is 0.900. The summed E-state index contributed by atoms with van der Waals surface area (Å²) in [5, 5.41) is 0. The van der Waals surface area contributed by atoms with Crippen LogP contribution in [0, 0.1) is 0 Å². The molecule has 2 heterocycles. The van der Waals surface area contributed by atoms with Gasteiger partial charge in [-0.05, 0) is 31.2 Å². The zero-order valence-corrected chi connectivity index (χ0v) is 14.3. The van der Waals surface area contributed by atoms with Crippen molar-refractivity contribution in [1.29, 1.82) is 0 Å². The van der Waals surface area contributed by atoms with E-state index in [0.717, 1.165) is 37.8 Å². The quantitative estimate of drug-likeness (QED) is 0.852. The average molecular weight is 330 g/mol.